The number of nitrogens with one attached hydrogen (secondary N) is 1. The maximum absolute atomic E-state index is 4.29. The average molecular weight is 277 g/mol. The zero-order valence-electron chi connectivity index (χ0n) is 13.1. The molecule has 0 unspecified atom stereocenters. The van der Waals surface area contributed by atoms with Crippen LogP contribution >= 0.6 is 0 Å². The number of aromatic nitrogens is 2. The van der Waals surface area contributed by atoms with Crippen molar-refractivity contribution in [3.8, 4) is 0 Å². The number of hydrogen-bond donors (Lipinski definition) is 1. The lowest BCUT2D eigenvalue weighted by Gasteiger charge is -2.08. The third kappa shape index (κ3) is 6.08. The number of imidazole rings is 1. The molecule has 1 aliphatic carbocycles. The minimum absolute atomic E-state index is 0.779. The van der Waals surface area contributed by atoms with Gasteiger partial charge in [-0.1, -0.05) is 51.9 Å². The Kier molecular flexibility index (Phi) is 7.13. The lowest BCUT2D eigenvalue weighted by molar-refractivity contribution is 0.529. The Morgan fingerprint density at radius 3 is 2.50 bits per heavy atom. The summed E-state index contributed by atoms with van der Waals surface area (Å²) in [7, 11) is 0. The molecule has 0 bridgehead atoms. The molecule has 0 atom stereocenters. The van der Waals surface area contributed by atoms with Gasteiger partial charge in [0.15, 0.2) is 0 Å². The van der Waals surface area contributed by atoms with E-state index in [-0.39, 0.29) is 0 Å². The van der Waals surface area contributed by atoms with E-state index in [0.29, 0.717) is 0 Å². The molecule has 1 saturated carbocycles. The predicted molar refractivity (Wildman–Crippen MR) is 84.7 cm³/mol. The van der Waals surface area contributed by atoms with Crippen LogP contribution < -0.4 is 5.32 Å². The van der Waals surface area contributed by atoms with Crippen LogP contribution in [0.1, 0.15) is 76.8 Å². The van der Waals surface area contributed by atoms with Crippen LogP contribution in [0.2, 0.25) is 0 Å². The molecular formula is C17H31N3. The van der Waals surface area contributed by atoms with E-state index in [1.54, 1.807) is 0 Å². The summed E-state index contributed by atoms with van der Waals surface area (Å²) in [5.41, 5.74) is 1.35. The highest BCUT2D eigenvalue weighted by Crippen LogP contribution is 2.19. The van der Waals surface area contributed by atoms with Gasteiger partial charge in [-0.2, -0.15) is 0 Å². The van der Waals surface area contributed by atoms with Gasteiger partial charge in [-0.25, -0.2) is 4.98 Å². The van der Waals surface area contributed by atoms with Gasteiger partial charge in [0.1, 0.15) is 0 Å². The molecule has 1 aromatic heterocycles. The Morgan fingerprint density at radius 1 is 1.10 bits per heavy atom. The lowest BCUT2D eigenvalue weighted by atomic mass is 10.1. The maximum atomic E-state index is 4.29. The zero-order chi connectivity index (χ0) is 14.0. The Labute approximate surface area is 124 Å². The third-order valence-electron chi connectivity index (χ3n) is 4.20. The van der Waals surface area contributed by atoms with E-state index in [1.807, 2.05) is 12.5 Å². The molecule has 114 valence electrons. The summed E-state index contributed by atoms with van der Waals surface area (Å²) < 4.78 is 2.33. The molecule has 1 fully saturated rings. The molecular weight excluding hydrogens is 246 g/mol. The molecule has 0 spiro atoms. The van der Waals surface area contributed by atoms with Crippen molar-refractivity contribution in [2.75, 3.05) is 0 Å². The van der Waals surface area contributed by atoms with Gasteiger partial charge in [0, 0.05) is 25.3 Å². The van der Waals surface area contributed by atoms with Crippen LogP contribution in [0.5, 0.6) is 0 Å². The van der Waals surface area contributed by atoms with E-state index in [2.05, 4.69) is 21.8 Å². The lowest BCUT2D eigenvalue weighted by Crippen LogP contribution is -2.18. The summed E-state index contributed by atoms with van der Waals surface area (Å²) >= 11 is 0. The van der Waals surface area contributed by atoms with Gasteiger partial charge >= 0.3 is 0 Å². The van der Waals surface area contributed by atoms with Gasteiger partial charge in [-0.3, -0.25) is 0 Å². The molecule has 1 heterocycles. The number of nitrogens with zero attached hydrogens (tertiary/aromatic N) is 2. The Bertz CT molecular complexity index is 355. The quantitative estimate of drug-likeness (QED) is 0.578. The van der Waals surface area contributed by atoms with E-state index in [9.17, 15) is 0 Å². The fraction of sp³-hybridized carbons (Fsp3) is 0.824. The Hall–Kier alpha value is -0.830. The van der Waals surface area contributed by atoms with Crippen molar-refractivity contribution >= 4 is 0 Å². The molecule has 1 N–H and O–H groups in total. The fourth-order valence-electron chi connectivity index (χ4n) is 2.65. The molecule has 3 nitrogen and oxygen atoms in total. The van der Waals surface area contributed by atoms with Crippen molar-refractivity contribution in [2.24, 2.45) is 0 Å². The van der Waals surface area contributed by atoms with Gasteiger partial charge in [0.2, 0.25) is 0 Å². The van der Waals surface area contributed by atoms with Crippen molar-refractivity contribution in [3.05, 3.63) is 18.2 Å². The van der Waals surface area contributed by atoms with Crippen molar-refractivity contribution in [1.29, 1.82) is 0 Å². The second kappa shape index (κ2) is 9.17. The molecule has 0 aromatic carbocycles. The van der Waals surface area contributed by atoms with Gasteiger partial charge in [-0.05, 0) is 19.3 Å². The maximum Gasteiger partial charge on any atom is 0.0948 e. The van der Waals surface area contributed by atoms with Crippen molar-refractivity contribution < 1.29 is 0 Å². The van der Waals surface area contributed by atoms with Gasteiger partial charge in [-0.15, -0.1) is 0 Å². The van der Waals surface area contributed by atoms with E-state index < -0.39 is 0 Å². The molecule has 2 rings (SSSR count). The molecule has 1 aliphatic rings. The van der Waals surface area contributed by atoms with Gasteiger partial charge in [0.25, 0.3) is 0 Å². The summed E-state index contributed by atoms with van der Waals surface area (Å²) in [5.74, 6) is 0. The van der Waals surface area contributed by atoms with Crippen LogP contribution in [0.25, 0.3) is 0 Å². The first-order chi connectivity index (χ1) is 9.90. The van der Waals surface area contributed by atoms with Crippen molar-refractivity contribution in [2.45, 2.75) is 90.3 Å². The van der Waals surface area contributed by atoms with Crippen LogP contribution in [0.15, 0.2) is 12.5 Å². The molecule has 0 radical (unpaired) electrons. The summed E-state index contributed by atoms with van der Waals surface area (Å²) in [5, 5.41) is 3.57. The Morgan fingerprint density at radius 2 is 1.80 bits per heavy atom. The minimum Gasteiger partial charge on any atom is -0.333 e. The first-order valence-electron chi connectivity index (χ1n) is 8.62. The van der Waals surface area contributed by atoms with E-state index in [1.165, 1.54) is 69.9 Å². The van der Waals surface area contributed by atoms with Crippen molar-refractivity contribution in [1.82, 2.24) is 14.9 Å². The summed E-state index contributed by atoms with van der Waals surface area (Å²) in [6.07, 6.45) is 17.8. The van der Waals surface area contributed by atoms with E-state index in [0.717, 1.165) is 19.1 Å². The monoisotopic (exact) mass is 277 g/mol. The van der Waals surface area contributed by atoms with Crippen LogP contribution in [0, 0.1) is 0 Å². The number of unbranched alkanes of at least 4 members (excludes halogenated alkanes) is 7. The first kappa shape index (κ1) is 15.6. The molecule has 0 saturated heterocycles. The third-order valence-corrected chi connectivity index (χ3v) is 4.20. The molecule has 20 heavy (non-hydrogen) atoms. The van der Waals surface area contributed by atoms with Gasteiger partial charge in [0.05, 0.1) is 12.0 Å². The zero-order valence-corrected chi connectivity index (χ0v) is 13.1. The minimum atomic E-state index is 0.779. The largest absolute Gasteiger partial charge is 0.333 e. The number of aryl methyl sites for hydroxylation is 1. The highest BCUT2D eigenvalue weighted by molar-refractivity contribution is 4.99. The van der Waals surface area contributed by atoms with E-state index >= 15 is 0 Å². The van der Waals surface area contributed by atoms with Crippen LogP contribution in [-0.4, -0.2) is 15.6 Å². The topological polar surface area (TPSA) is 29.9 Å². The summed E-state index contributed by atoms with van der Waals surface area (Å²) in [4.78, 5) is 4.29. The van der Waals surface area contributed by atoms with Crippen LogP contribution in [0.4, 0.5) is 0 Å². The smallest absolute Gasteiger partial charge is 0.0948 e. The highest BCUT2D eigenvalue weighted by Gasteiger charge is 2.20. The molecule has 0 aliphatic heterocycles. The van der Waals surface area contributed by atoms with Crippen molar-refractivity contribution in [3.63, 3.8) is 0 Å². The Balaban J connectivity index is 1.51. The normalized spacial score (nSPS) is 14.8. The van der Waals surface area contributed by atoms with Gasteiger partial charge < -0.3 is 9.88 Å². The molecule has 3 heteroatoms. The SMILES string of the molecule is CCCCCCCCCCn1cncc1CNC1CC1. The summed E-state index contributed by atoms with van der Waals surface area (Å²) in [6.45, 7) is 4.40. The molecule has 1 aromatic rings. The van der Waals surface area contributed by atoms with Crippen LogP contribution in [0.3, 0.4) is 0 Å². The standard InChI is InChI=1S/C17H31N3/c1-2-3-4-5-6-7-8-9-12-20-15-18-13-17(20)14-19-16-10-11-16/h13,15-16,19H,2-12,14H2,1H3. The van der Waals surface area contributed by atoms with E-state index in [4.69, 9.17) is 0 Å². The summed E-state index contributed by atoms with van der Waals surface area (Å²) in [6, 6.07) is 0.779. The highest BCUT2D eigenvalue weighted by atomic mass is 15.1. The average Bonchev–Trinajstić information content (AvgIpc) is 3.19. The number of hydrogen-bond acceptors (Lipinski definition) is 2. The van der Waals surface area contributed by atoms with Crippen LogP contribution in [-0.2, 0) is 13.1 Å². The molecule has 0 amide bonds. The second-order valence-electron chi connectivity index (χ2n) is 6.21. The second-order valence-corrected chi connectivity index (χ2v) is 6.21. The first-order valence-corrected chi connectivity index (χ1v) is 8.62. The number of rotatable bonds is 12. The predicted octanol–water partition coefficient (Wildman–Crippen LogP) is 4.28. The fourth-order valence-corrected chi connectivity index (χ4v) is 2.65.